The predicted octanol–water partition coefficient (Wildman–Crippen LogP) is 3.76. The Balaban J connectivity index is 1.55. The van der Waals surface area contributed by atoms with E-state index in [-0.39, 0.29) is 17.0 Å². The van der Waals surface area contributed by atoms with Crippen LogP contribution in [0.25, 0.3) is 11.0 Å². The van der Waals surface area contributed by atoms with E-state index in [1.54, 1.807) is 31.4 Å². The number of nitrogens with zero attached hydrogens (tertiary/aromatic N) is 1. The van der Waals surface area contributed by atoms with Gasteiger partial charge >= 0.3 is 0 Å². The summed E-state index contributed by atoms with van der Waals surface area (Å²) in [5, 5.41) is 3.37. The number of rotatable bonds is 6. The molecule has 4 rings (SSSR count). The highest BCUT2D eigenvalue weighted by molar-refractivity contribution is 5.96. The molecular formula is C24H26N2O4. The SMILES string of the molecule is COc1ccc([C@H](CNC(=O)c2coc3ccccc3c2=O)N2CCCCC2)cc1. The maximum Gasteiger partial charge on any atom is 0.258 e. The number of amides is 1. The third kappa shape index (κ3) is 4.24. The van der Waals surface area contributed by atoms with Crippen LogP contribution in [0.5, 0.6) is 5.75 Å². The first-order chi connectivity index (χ1) is 14.7. The molecule has 1 aliphatic heterocycles. The first kappa shape index (κ1) is 20.2. The number of hydrogen-bond donors (Lipinski definition) is 1. The zero-order valence-corrected chi connectivity index (χ0v) is 17.1. The lowest BCUT2D eigenvalue weighted by Crippen LogP contribution is -2.41. The molecule has 2 heterocycles. The molecular weight excluding hydrogens is 380 g/mol. The molecule has 1 fully saturated rings. The van der Waals surface area contributed by atoms with Crippen LogP contribution in [0.15, 0.2) is 64.0 Å². The number of methoxy groups -OCH3 is 1. The number of hydrogen-bond acceptors (Lipinski definition) is 5. The summed E-state index contributed by atoms with van der Waals surface area (Å²) in [6.45, 7) is 2.40. The molecule has 30 heavy (non-hydrogen) atoms. The Kier molecular flexibility index (Phi) is 6.14. The molecule has 1 saturated heterocycles. The van der Waals surface area contributed by atoms with Gasteiger partial charge in [0.05, 0.1) is 18.5 Å². The number of fused-ring (bicyclic) bond motifs is 1. The monoisotopic (exact) mass is 406 g/mol. The van der Waals surface area contributed by atoms with Gasteiger partial charge in [0.2, 0.25) is 5.43 Å². The second-order valence-corrected chi connectivity index (χ2v) is 7.57. The molecule has 1 atom stereocenters. The molecule has 2 aromatic carbocycles. The number of likely N-dealkylation sites (tertiary alicyclic amines) is 1. The minimum Gasteiger partial charge on any atom is -0.497 e. The normalized spacial score (nSPS) is 15.6. The average molecular weight is 406 g/mol. The van der Waals surface area contributed by atoms with E-state index in [0.717, 1.165) is 37.2 Å². The van der Waals surface area contributed by atoms with Gasteiger partial charge in [0.25, 0.3) is 5.91 Å². The van der Waals surface area contributed by atoms with Gasteiger partial charge in [0, 0.05) is 6.54 Å². The first-order valence-corrected chi connectivity index (χ1v) is 10.3. The van der Waals surface area contributed by atoms with Crippen molar-refractivity contribution in [3.63, 3.8) is 0 Å². The predicted molar refractivity (Wildman–Crippen MR) is 116 cm³/mol. The quantitative estimate of drug-likeness (QED) is 0.675. The van der Waals surface area contributed by atoms with Gasteiger partial charge in [-0.3, -0.25) is 14.5 Å². The molecule has 3 aromatic rings. The van der Waals surface area contributed by atoms with Crippen LogP contribution in [0.1, 0.15) is 41.2 Å². The van der Waals surface area contributed by atoms with Crippen LogP contribution in [-0.2, 0) is 0 Å². The number of ether oxygens (including phenoxy) is 1. The maximum atomic E-state index is 12.8. The molecule has 0 spiro atoms. The van der Waals surface area contributed by atoms with Crippen molar-refractivity contribution in [3.05, 3.63) is 76.1 Å². The minimum atomic E-state index is -0.412. The molecule has 1 N–H and O–H groups in total. The van der Waals surface area contributed by atoms with Gasteiger partial charge in [-0.2, -0.15) is 0 Å². The summed E-state index contributed by atoms with van der Waals surface area (Å²) in [7, 11) is 1.65. The fourth-order valence-electron chi connectivity index (χ4n) is 4.03. The smallest absolute Gasteiger partial charge is 0.258 e. The van der Waals surface area contributed by atoms with E-state index in [4.69, 9.17) is 9.15 Å². The molecule has 6 heteroatoms. The Hall–Kier alpha value is -3.12. The topological polar surface area (TPSA) is 71.8 Å². The lowest BCUT2D eigenvalue weighted by molar-refractivity contribution is 0.0921. The number of carbonyl (C=O) groups excluding carboxylic acids is 1. The largest absolute Gasteiger partial charge is 0.497 e. The van der Waals surface area contributed by atoms with Crippen LogP contribution in [0.3, 0.4) is 0 Å². The molecule has 156 valence electrons. The molecule has 0 radical (unpaired) electrons. The highest BCUT2D eigenvalue weighted by atomic mass is 16.5. The van der Waals surface area contributed by atoms with E-state index in [2.05, 4.69) is 10.2 Å². The molecule has 0 aliphatic carbocycles. The van der Waals surface area contributed by atoms with Crippen molar-refractivity contribution in [2.24, 2.45) is 0 Å². The molecule has 0 unspecified atom stereocenters. The molecule has 1 aliphatic rings. The van der Waals surface area contributed by atoms with E-state index in [0.29, 0.717) is 17.5 Å². The van der Waals surface area contributed by atoms with Gasteiger partial charge in [-0.05, 0) is 55.8 Å². The van der Waals surface area contributed by atoms with Crippen LogP contribution in [0.4, 0.5) is 0 Å². The summed E-state index contributed by atoms with van der Waals surface area (Å²) in [6, 6.07) is 14.9. The Bertz CT molecular complexity index is 1070. The summed E-state index contributed by atoms with van der Waals surface area (Å²) in [5.74, 6) is 0.388. The van der Waals surface area contributed by atoms with Crippen molar-refractivity contribution in [3.8, 4) is 5.75 Å². The van der Waals surface area contributed by atoms with Gasteiger partial charge in [0.1, 0.15) is 23.2 Å². The second kappa shape index (κ2) is 9.13. The van der Waals surface area contributed by atoms with Gasteiger partial charge < -0.3 is 14.5 Å². The number of nitrogens with one attached hydrogen (secondary N) is 1. The van der Waals surface area contributed by atoms with Gasteiger partial charge in [-0.25, -0.2) is 0 Å². The summed E-state index contributed by atoms with van der Waals surface area (Å²) in [4.78, 5) is 27.9. The molecule has 6 nitrogen and oxygen atoms in total. The van der Waals surface area contributed by atoms with Crippen molar-refractivity contribution in [2.45, 2.75) is 25.3 Å². The van der Waals surface area contributed by atoms with E-state index in [1.165, 1.54) is 12.7 Å². The number of piperidine rings is 1. The zero-order chi connectivity index (χ0) is 20.9. The third-order valence-electron chi connectivity index (χ3n) is 5.71. The summed E-state index contributed by atoms with van der Waals surface area (Å²) >= 11 is 0. The van der Waals surface area contributed by atoms with E-state index in [9.17, 15) is 9.59 Å². The Labute approximate surface area is 175 Å². The zero-order valence-electron chi connectivity index (χ0n) is 17.1. The Morgan fingerprint density at radius 1 is 1.10 bits per heavy atom. The molecule has 0 bridgehead atoms. The minimum absolute atomic E-state index is 0.0285. The van der Waals surface area contributed by atoms with Crippen molar-refractivity contribution in [1.82, 2.24) is 10.2 Å². The number of benzene rings is 2. The Morgan fingerprint density at radius 3 is 2.57 bits per heavy atom. The van der Waals surface area contributed by atoms with Crippen LogP contribution < -0.4 is 15.5 Å². The molecule has 1 aromatic heterocycles. The summed E-state index contributed by atoms with van der Waals surface area (Å²) in [6.07, 6.45) is 4.78. The number of carbonyl (C=O) groups is 1. The van der Waals surface area contributed by atoms with Crippen molar-refractivity contribution in [1.29, 1.82) is 0 Å². The maximum absolute atomic E-state index is 12.8. The number of para-hydroxylation sites is 1. The van der Waals surface area contributed by atoms with E-state index < -0.39 is 5.91 Å². The summed E-state index contributed by atoms with van der Waals surface area (Å²) in [5.41, 5.74) is 1.31. The average Bonchev–Trinajstić information content (AvgIpc) is 2.80. The van der Waals surface area contributed by atoms with Gasteiger partial charge in [-0.1, -0.05) is 30.7 Å². The Morgan fingerprint density at radius 2 is 1.83 bits per heavy atom. The van der Waals surface area contributed by atoms with E-state index >= 15 is 0 Å². The lowest BCUT2D eigenvalue weighted by Gasteiger charge is -2.35. The first-order valence-electron chi connectivity index (χ1n) is 10.3. The fraction of sp³-hybridized carbons (Fsp3) is 0.333. The summed E-state index contributed by atoms with van der Waals surface area (Å²) < 4.78 is 10.8. The fourth-order valence-corrected chi connectivity index (χ4v) is 4.03. The van der Waals surface area contributed by atoms with Crippen LogP contribution in [0, 0.1) is 0 Å². The second-order valence-electron chi connectivity index (χ2n) is 7.57. The van der Waals surface area contributed by atoms with Gasteiger partial charge in [-0.15, -0.1) is 0 Å². The lowest BCUT2D eigenvalue weighted by atomic mass is 10.0. The van der Waals surface area contributed by atoms with Crippen LogP contribution >= 0.6 is 0 Å². The molecule has 1 amide bonds. The molecule has 0 saturated carbocycles. The van der Waals surface area contributed by atoms with Crippen molar-refractivity contribution >= 4 is 16.9 Å². The third-order valence-corrected chi connectivity index (χ3v) is 5.71. The van der Waals surface area contributed by atoms with E-state index in [1.807, 2.05) is 24.3 Å². The van der Waals surface area contributed by atoms with Crippen molar-refractivity contribution in [2.75, 3.05) is 26.7 Å². The van der Waals surface area contributed by atoms with Crippen LogP contribution in [0.2, 0.25) is 0 Å². The van der Waals surface area contributed by atoms with Crippen LogP contribution in [-0.4, -0.2) is 37.6 Å². The van der Waals surface area contributed by atoms with Crippen molar-refractivity contribution < 1.29 is 13.9 Å². The highest BCUT2D eigenvalue weighted by Crippen LogP contribution is 2.26. The standard InChI is InChI=1S/C24H26N2O4/c1-29-18-11-9-17(10-12-18)21(26-13-5-2-6-14-26)15-25-24(28)20-16-30-22-8-4-3-7-19(22)23(20)27/h3-4,7-12,16,21H,2,5-6,13-15H2,1H3,(H,25,28)/t21-/m0/s1. The highest BCUT2D eigenvalue weighted by Gasteiger charge is 2.24. The van der Waals surface area contributed by atoms with Gasteiger partial charge in [0.15, 0.2) is 0 Å².